The lowest BCUT2D eigenvalue weighted by atomic mass is 9.82. The smallest absolute Gasteiger partial charge is 0.438 e. The van der Waals surface area contributed by atoms with Crippen LogP contribution in [0.15, 0.2) is 10.8 Å². The number of alkyl halides is 3. The van der Waals surface area contributed by atoms with E-state index < -0.39 is 12.1 Å². The molecule has 2 unspecified atom stereocenters. The number of carbonyl (C=O) groups excluding carboxylic acids is 2. The van der Waals surface area contributed by atoms with Crippen LogP contribution in [0.3, 0.4) is 0 Å². The first-order valence-corrected chi connectivity index (χ1v) is 6.86. The maximum absolute atomic E-state index is 12.4. The number of amides is 2. The Morgan fingerprint density at radius 1 is 1.36 bits per heavy atom. The average molecular weight is 317 g/mol. The van der Waals surface area contributed by atoms with Crippen LogP contribution in [-0.2, 0) is 4.79 Å². The number of halogens is 3. The van der Waals surface area contributed by atoms with Crippen molar-refractivity contribution in [2.45, 2.75) is 25.6 Å². The van der Waals surface area contributed by atoms with Crippen LogP contribution in [-0.4, -0.2) is 58.5 Å². The predicted octanol–water partition coefficient (Wildman–Crippen LogP) is 1.22. The molecule has 0 saturated carbocycles. The second-order valence-corrected chi connectivity index (χ2v) is 5.59. The first-order valence-electron chi connectivity index (χ1n) is 6.86. The molecule has 2 amide bonds. The molecule has 3 rings (SSSR count). The molecule has 2 aliphatic heterocycles. The number of hydrogen-bond donors (Lipinski definition) is 0. The lowest BCUT2D eigenvalue weighted by Crippen LogP contribution is -2.66. The highest BCUT2D eigenvalue weighted by molar-refractivity contribution is 5.93. The van der Waals surface area contributed by atoms with Gasteiger partial charge in [0.1, 0.15) is 0 Å². The van der Waals surface area contributed by atoms with E-state index in [0.717, 1.165) is 4.90 Å². The highest BCUT2D eigenvalue weighted by atomic mass is 19.4. The summed E-state index contributed by atoms with van der Waals surface area (Å²) >= 11 is 0. The number of carbonyl (C=O) groups is 2. The van der Waals surface area contributed by atoms with Gasteiger partial charge in [0.25, 0.3) is 5.91 Å². The fraction of sp³-hybridized carbons (Fsp3) is 0.615. The number of piperidine rings is 1. The number of fused-ring (bicyclic) bond motifs is 1. The summed E-state index contributed by atoms with van der Waals surface area (Å²) in [6, 6.07) is -0.144. The highest BCUT2D eigenvalue weighted by Crippen LogP contribution is 2.35. The second-order valence-electron chi connectivity index (χ2n) is 5.59. The van der Waals surface area contributed by atoms with Crippen LogP contribution in [0.2, 0.25) is 0 Å². The van der Waals surface area contributed by atoms with Crippen molar-refractivity contribution in [3.8, 4) is 0 Å². The molecule has 2 aliphatic rings. The van der Waals surface area contributed by atoms with E-state index in [2.05, 4.69) is 4.98 Å². The zero-order valence-electron chi connectivity index (χ0n) is 11.8. The summed E-state index contributed by atoms with van der Waals surface area (Å²) in [5, 5.41) is 0. The van der Waals surface area contributed by atoms with Crippen molar-refractivity contribution >= 4 is 11.8 Å². The zero-order valence-corrected chi connectivity index (χ0v) is 11.8. The molecule has 2 saturated heterocycles. The SMILES string of the molecule is Cc1ncoc1C(=O)N1CC2CN(C(=O)C(F)(F)F)CCC21. The molecule has 0 bridgehead atoms. The Morgan fingerprint density at radius 2 is 2.09 bits per heavy atom. The van der Waals surface area contributed by atoms with Gasteiger partial charge in [-0.15, -0.1) is 0 Å². The van der Waals surface area contributed by atoms with Crippen molar-refractivity contribution in [3.63, 3.8) is 0 Å². The number of likely N-dealkylation sites (tertiary alicyclic amines) is 2. The van der Waals surface area contributed by atoms with E-state index in [1.807, 2.05) is 0 Å². The number of aryl methyl sites for hydroxylation is 1. The molecule has 0 spiro atoms. The topological polar surface area (TPSA) is 66.7 Å². The molecule has 9 heteroatoms. The van der Waals surface area contributed by atoms with E-state index in [-0.39, 0.29) is 36.7 Å². The van der Waals surface area contributed by atoms with Gasteiger partial charge in [0.15, 0.2) is 6.39 Å². The summed E-state index contributed by atoms with van der Waals surface area (Å²) in [5.74, 6) is -2.06. The number of hydrogen-bond acceptors (Lipinski definition) is 4. The Morgan fingerprint density at radius 3 is 2.64 bits per heavy atom. The van der Waals surface area contributed by atoms with E-state index in [4.69, 9.17) is 4.42 Å². The molecular formula is C13H14F3N3O3. The molecule has 0 radical (unpaired) electrons. The van der Waals surface area contributed by atoms with E-state index in [1.54, 1.807) is 11.8 Å². The molecule has 3 heterocycles. The molecule has 0 aliphatic carbocycles. The summed E-state index contributed by atoms with van der Waals surface area (Å²) in [5.41, 5.74) is 0.484. The Labute approximate surface area is 123 Å². The van der Waals surface area contributed by atoms with Gasteiger partial charge in [-0.05, 0) is 13.3 Å². The van der Waals surface area contributed by atoms with Crippen LogP contribution < -0.4 is 0 Å². The second kappa shape index (κ2) is 4.99. The summed E-state index contributed by atoms with van der Waals surface area (Å²) in [6.45, 7) is 2.00. The molecular weight excluding hydrogens is 303 g/mol. The van der Waals surface area contributed by atoms with Gasteiger partial charge in [0.05, 0.1) is 5.69 Å². The van der Waals surface area contributed by atoms with Crippen LogP contribution in [0.4, 0.5) is 13.2 Å². The summed E-state index contributed by atoms with van der Waals surface area (Å²) < 4.78 is 42.4. The van der Waals surface area contributed by atoms with Gasteiger partial charge in [-0.2, -0.15) is 13.2 Å². The minimum absolute atomic E-state index is 0.00131. The van der Waals surface area contributed by atoms with E-state index in [9.17, 15) is 22.8 Å². The molecule has 22 heavy (non-hydrogen) atoms. The normalized spacial score (nSPS) is 24.7. The molecule has 2 atom stereocenters. The van der Waals surface area contributed by atoms with Crippen molar-refractivity contribution in [3.05, 3.63) is 17.8 Å². The van der Waals surface area contributed by atoms with Gasteiger partial charge in [-0.25, -0.2) is 4.98 Å². The Hall–Kier alpha value is -2.06. The highest BCUT2D eigenvalue weighted by Gasteiger charge is 2.50. The molecule has 0 aromatic carbocycles. The minimum Gasteiger partial charge on any atom is -0.438 e. The molecule has 0 N–H and O–H groups in total. The van der Waals surface area contributed by atoms with Crippen LogP contribution in [0.5, 0.6) is 0 Å². The number of oxazole rings is 1. The van der Waals surface area contributed by atoms with E-state index in [0.29, 0.717) is 18.7 Å². The fourth-order valence-electron chi connectivity index (χ4n) is 3.09. The Kier molecular flexibility index (Phi) is 3.37. The molecule has 1 aromatic heterocycles. The Balaban J connectivity index is 1.63. The standard InChI is InChI=1S/C13H14F3N3O3/c1-7-10(22-6-17-7)11(20)19-5-8-4-18(3-2-9(8)19)12(21)13(14,15)16/h6,8-9H,2-5H2,1H3. The van der Waals surface area contributed by atoms with Gasteiger partial charge >= 0.3 is 12.1 Å². The average Bonchev–Trinajstić information content (AvgIpc) is 2.84. The monoisotopic (exact) mass is 317 g/mol. The van der Waals surface area contributed by atoms with Gasteiger partial charge in [0.2, 0.25) is 5.76 Å². The summed E-state index contributed by atoms with van der Waals surface area (Å²) in [6.07, 6.45) is -3.32. The fourth-order valence-corrected chi connectivity index (χ4v) is 3.09. The first kappa shape index (κ1) is 14.9. The minimum atomic E-state index is -4.84. The van der Waals surface area contributed by atoms with Gasteiger partial charge < -0.3 is 14.2 Å². The Bertz CT molecular complexity index is 613. The first-order chi connectivity index (χ1) is 10.3. The third kappa shape index (κ3) is 2.34. The van der Waals surface area contributed by atoms with Crippen molar-refractivity contribution < 1.29 is 27.2 Å². The lowest BCUT2D eigenvalue weighted by Gasteiger charge is -2.53. The van der Waals surface area contributed by atoms with Gasteiger partial charge in [-0.1, -0.05) is 0 Å². The van der Waals surface area contributed by atoms with Crippen molar-refractivity contribution in [1.29, 1.82) is 0 Å². The quantitative estimate of drug-likeness (QED) is 0.781. The van der Waals surface area contributed by atoms with E-state index >= 15 is 0 Å². The van der Waals surface area contributed by atoms with Crippen molar-refractivity contribution in [2.75, 3.05) is 19.6 Å². The number of nitrogens with zero attached hydrogens (tertiary/aromatic N) is 3. The van der Waals surface area contributed by atoms with Crippen LogP contribution >= 0.6 is 0 Å². The zero-order chi connectivity index (χ0) is 16.1. The molecule has 6 nitrogen and oxygen atoms in total. The number of rotatable bonds is 1. The largest absolute Gasteiger partial charge is 0.471 e. The molecule has 2 fully saturated rings. The molecule has 1 aromatic rings. The van der Waals surface area contributed by atoms with Gasteiger partial charge in [0, 0.05) is 31.6 Å². The summed E-state index contributed by atoms with van der Waals surface area (Å²) in [4.78, 5) is 29.8. The van der Waals surface area contributed by atoms with Gasteiger partial charge in [-0.3, -0.25) is 9.59 Å². The summed E-state index contributed by atoms with van der Waals surface area (Å²) in [7, 11) is 0. The maximum atomic E-state index is 12.4. The predicted molar refractivity (Wildman–Crippen MR) is 66.8 cm³/mol. The number of aromatic nitrogens is 1. The van der Waals surface area contributed by atoms with Crippen molar-refractivity contribution in [1.82, 2.24) is 14.8 Å². The maximum Gasteiger partial charge on any atom is 0.471 e. The lowest BCUT2D eigenvalue weighted by molar-refractivity contribution is -0.189. The van der Waals surface area contributed by atoms with E-state index in [1.165, 1.54) is 6.39 Å². The third-order valence-corrected chi connectivity index (χ3v) is 4.26. The van der Waals surface area contributed by atoms with Crippen LogP contribution in [0.1, 0.15) is 22.7 Å². The molecule has 120 valence electrons. The van der Waals surface area contributed by atoms with Crippen LogP contribution in [0.25, 0.3) is 0 Å². The third-order valence-electron chi connectivity index (χ3n) is 4.26. The van der Waals surface area contributed by atoms with Crippen LogP contribution in [0, 0.1) is 12.8 Å². The van der Waals surface area contributed by atoms with Crippen molar-refractivity contribution in [2.24, 2.45) is 5.92 Å².